The Hall–Kier alpha value is -0.860. The molecule has 4 fully saturated rings. The average molecular weight is 411 g/mol. The van der Waals surface area contributed by atoms with E-state index in [0.29, 0.717) is 22.7 Å². The van der Waals surface area contributed by atoms with E-state index < -0.39 is 0 Å². The van der Waals surface area contributed by atoms with E-state index in [4.69, 9.17) is 4.74 Å². The SMILES string of the molecule is C[C@H]1CC[C@@]2(C)[C@H](C1)[C@H](O)C[C@@H]1[C@@H]2CC[C@]2(C)[C@@H](COCc3ccccc3)CC[C@@H]12. The summed E-state index contributed by atoms with van der Waals surface area (Å²) in [6.45, 7) is 9.16. The van der Waals surface area contributed by atoms with Crippen molar-refractivity contribution < 1.29 is 9.84 Å². The lowest BCUT2D eigenvalue weighted by atomic mass is 9.43. The minimum absolute atomic E-state index is 0.0743. The first-order chi connectivity index (χ1) is 14.4. The average Bonchev–Trinajstić information content (AvgIpc) is 3.07. The molecule has 0 heterocycles. The monoisotopic (exact) mass is 410 g/mol. The van der Waals surface area contributed by atoms with E-state index in [1.54, 1.807) is 0 Å². The molecule has 4 aliphatic rings. The maximum Gasteiger partial charge on any atom is 0.0717 e. The van der Waals surface area contributed by atoms with Crippen molar-refractivity contribution in [2.75, 3.05) is 6.61 Å². The first-order valence-electron chi connectivity index (χ1n) is 12.7. The number of benzene rings is 1. The van der Waals surface area contributed by atoms with Crippen LogP contribution in [0.5, 0.6) is 0 Å². The lowest BCUT2D eigenvalue weighted by molar-refractivity contribution is -0.165. The molecule has 1 aromatic carbocycles. The van der Waals surface area contributed by atoms with Gasteiger partial charge in [0.2, 0.25) is 0 Å². The van der Waals surface area contributed by atoms with E-state index in [2.05, 4.69) is 51.1 Å². The Bertz CT molecular complexity index is 731. The van der Waals surface area contributed by atoms with Crippen LogP contribution in [0.1, 0.15) is 77.7 Å². The van der Waals surface area contributed by atoms with Gasteiger partial charge in [-0.05, 0) is 96.8 Å². The lowest BCUT2D eigenvalue weighted by Gasteiger charge is -2.62. The van der Waals surface area contributed by atoms with Crippen LogP contribution in [-0.2, 0) is 11.3 Å². The van der Waals surface area contributed by atoms with Gasteiger partial charge in [-0.3, -0.25) is 0 Å². The topological polar surface area (TPSA) is 29.5 Å². The van der Waals surface area contributed by atoms with Gasteiger partial charge in [0, 0.05) is 0 Å². The van der Waals surface area contributed by atoms with Gasteiger partial charge in [0.05, 0.1) is 19.3 Å². The Morgan fingerprint density at radius 3 is 2.43 bits per heavy atom. The molecule has 9 atom stereocenters. The van der Waals surface area contributed by atoms with Crippen LogP contribution < -0.4 is 0 Å². The Morgan fingerprint density at radius 2 is 1.63 bits per heavy atom. The Morgan fingerprint density at radius 1 is 0.900 bits per heavy atom. The Kier molecular flexibility index (Phi) is 5.55. The molecular formula is C28H42O2. The summed E-state index contributed by atoms with van der Waals surface area (Å²) in [7, 11) is 0. The van der Waals surface area contributed by atoms with E-state index in [-0.39, 0.29) is 6.10 Å². The summed E-state index contributed by atoms with van der Waals surface area (Å²) in [6, 6.07) is 10.6. The third kappa shape index (κ3) is 3.37. The maximum atomic E-state index is 11.2. The van der Waals surface area contributed by atoms with Gasteiger partial charge < -0.3 is 9.84 Å². The van der Waals surface area contributed by atoms with E-state index in [0.717, 1.165) is 43.3 Å². The van der Waals surface area contributed by atoms with Crippen LogP contribution in [0, 0.1) is 46.3 Å². The number of rotatable bonds is 4. The predicted octanol–water partition coefficient (Wildman–Crippen LogP) is 6.47. The second-order valence-electron chi connectivity index (χ2n) is 12.0. The highest BCUT2D eigenvalue weighted by Crippen LogP contribution is 2.67. The second kappa shape index (κ2) is 7.93. The van der Waals surface area contributed by atoms with Crippen LogP contribution >= 0.6 is 0 Å². The molecule has 0 radical (unpaired) electrons. The molecule has 0 spiro atoms. The molecular weight excluding hydrogens is 368 g/mol. The first kappa shape index (κ1) is 21.0. The summed E-state index contributed by atoms with van der Waals surface area (Å²) >= 11 is 0. The van der Waals surface area contributed by atoms with E-state index in [1.165, 1.54) is 50.5 Å². The smallest absolute Gasteiger partial charge is 0.0717 e. The van der Waals surface area contributed by atoms with Crippen molar-refractivity contribution in [3.63, 3.8) is 0 Å². The van der Waals surface area contributed by atoms with Crippen molar-refractivity contribution in [3.8, 4) is 0 Å². The van der Waals surface area contributed by atoms with Crippen molar-refractivity contribution in [2.24, 2.45) is 46.3 Å². The van der Waals surface area contributed by atoms with Gasteiger partial charge in [-0.25, -0.2) is 0 Å². The van der Waals surface area contributed by atoms with Gasteiger partial charge in [-0.2, -0.15) is 0 Å². The fraction of sp³-hybridized carbons (Fsp3) is 0.786. The molecule has 166 valence electrons. The molecule has 1 N–H and O–H groups in total. The number of fused-ring (bicyclic) bond motifs is 5. The molecule has 0 unspecified atom stereocenters. The zero-order chi connectivity index (χ0) is 20.9. The summed E-state index contributed by atoms with van der Waals surface area (Å²) in [5.74, 6) is 4.36. The molecule has 0 amide bonds. The van der Waals surface area contributed by atoms with Gasteiger partial charge in [0.25, 0.3) is 0 Å². The quantitative estimate of drug-likeness (QED) is 0.616. The lowest BCUT2D eigenvalue weighted by Crippen LogP contribution is -2.57. The van der Waals surface area contributed by atoms with Crippen LogP contribution in [-0.4, -0.2) is 17.8 Å². The van der Waals surface area contributed by atoms with Gasteiger partial charge in [0.1, 0.15) is 0 Å². The van der Waals surface area contributed by atoms with Gasteiger partial charge in [-0.15, -0.1) is 0 Å². The summed E-state index contributed by atoms with van der Waals surface area (Å²) in [5.41, 5.74) is 2.06. The molecule has 0 aliphatic heterocycles. The maximum absolute atomic E-state index is 11.2. The molecule has 0 aromatic heterocycles. The van der Waals surface area contributed by atoms with Crippen molar-refractivity contribution in [1.29, 1.82) is 0 Å². The molecule has 2 heteroatoms. The van der Waals surface area contributed by atoms with Crippen LogP contribution in [0.2, 0.25) is 0 Å². The van der Waals surface area contributed by atoms with Crippen molar-refractivity contribution in [2.45, 2.75) is 84.8 Å². The Labute approximate surface area is 183 Å². The van der Waals surface area contributed by atoms with Crippen LogP contribution in [0.25, 0.3) is 0 Å². The van der Waals surface area contributed by atoms with E-state index in [1.807, 2.05) is 0 Å². The molecule has 0 saturated heterocycles. The fourth-order valence-corrected chi connectivity index (χ4v) is 8.77. The first-order valence-corrected chi connectivity index (χ1v) is 12.7. The summed E-state index contributed by atoms with van der Waals surface area (Å²) in [5, 5.41) is 11.2. The Balaban J connectivity index is 1.29. The molecule has 2 nitrogen and oxygen atoms in total. The molecule has 0 bridgehead atoms. The summed E-state index contributed by atoms with van der Waals surface area (Å²) < 4.78 is 6.24. The van der Waals surface area contributed by atoms with Crippen molar-refractivity contribution in [3.05, 3.63) is 35.9 Å². The number of ether oxygens (including phenoxy) is 1. The zero-order valence-electron chi connectivity index (χ0n) is 19.4. The molecule has 30 heavy (non-hydrogen) atoms. The van der Waals surface area contributed by atoms with Crippen LogP contribution in [0.3, 0.4) is 0 Å². The molecule has 1 aromatic rings. The number of hydrogen-bond acceptors (Lipinski definition) is 2. The van der Waals surface area contributed by atoms with Gasteiger partial charge in [-0.1, -0.05) is 57.5 Å². The molecule has 4 saturated carbocycles. The number of hydrogen-bond donors (Lipinski definition) is 1. The molecule has 4 aliphatic carbocycles. The predicted molar refractivity (Wildman–Crippen MR) is 122 cm³/mol. The zero-order valence-corrected chi connectivity index (χ0v) is 19.4. The van der Waals surface area contributed by atoms with Crippen LogP contribution in [0.15, 0.2) is 30.3 Å². The van der Waals surface area contributed by atoms with Gasteiger partial charge >= 0.3 is 0 Å². The second-order valence-corrected chi connectivity index (χ2v) is 12.0. The summed E-state index contributed by atoms with van der Waals surface area (Å²) in [4.78, 5) is 0. The normalized spacial score (nSPS) is 47.9. The highest BCUT2D eigenvalue weighted by Gasteiger charge is 2.61. The van der Waals surface area contributed by atoms with Crippen LogP contribution in [0.4, 0.5) is 0 Å². The minimum atomic E-state index is -0.0743. The third-order valence-corrected chi connectivity index (χ3v) is 10.6. The number of aliphatic hydroxyl groups is 1. The highest BCUT2D eigenvalue weighted by atomic mass is 16.5. The van der Waals surface area contributed by atoms with E-state index in [9.17, 15) is 5.11 Å². The van der Waals surface area contributed by atoms with Crippen molar-refractivity contribution in [1.82, 2.24) is 0 Å². The molecule has 5 rings (SSSR count). The largest absolute Gasteiger partial charge is 0.393 e. The van der Waals surface area contributed by atoms with Crippen molar-refractivity contribution >= 4 is 0 Å². The standard InChI is InChI=1S/C28H42O2/c1-19-11-13-28(3)24-12-14-27(2)21(18-30-17-20-7-5-4-6-8-20)9-10-23(27)22(24)16-26(29)25(28)15-19/h4-8,19,21-26,29H,9-18H2,1-3H3/t19-,21+,22-,23-,24-,25+,26+,27+,28+/m0/s1. The van der Waals surface area contributed by atoms with E-state index >= 15 is 0 Å². The van der Waals surface area contributed by atoms with Gasteiger partial charge in [0.15, 0.2) is 0 Å². The summed E-state index contributed by atoms with van der Waals surface area (Å²) in [6.07, 6.45) is 10.3. The third-order valence-electron chi connectivity index (χ3n) is 10.6. The highest BCUT2D eigenvalue weighted by molar-refractivity contribution is 5.14. The minimum Gasteiger partial charge on any atom is -0.393 e. The fourth-order valence-electron chi connectivity index (χ4n) is 8.77. The number of aliphatic hydroxyl groups excluding tert-OH is 1.